The van der Waals surface area contributed by atoms with Crippen LogP contribution in [-0.4, -0.2) is 17.2 Å². The lowest BCUT2D eigenvalue weighted by molar-refractivity contribution is -0.171. The molecule has 1 aromatic rings. The van der Waals surface area contributed by atoms with Gasteiger partial charge in [-0.05, 0) is 62.7 Å². The molecule has 3 nitrogen and oxygen atoms in total. The van der Waals surface area contributed by atoms with Crippen molar-refractivity contribution in [2.24, 2.45) is 0 Å². The molecule has 106 valence electrons. The van der Waals surface area contributed by atoms with Crippen LogP contribution in [0.2, 0.25) is 0 Å². The average Bonchev–Trinajstić information content (AvgIpc) is 2.22. The molecule has 1 rings (SSSR count). The van der Waals surface area contributed by atoms with E-state index in [1.807, 2.05) is 0 Å². The third-order valence-electron chi connectivity index (χ3n) is 2.17. The molecular formula is C14H18BrFO3. The van der Waals surface area contributed by atoms with Crippen molar-refractivity contribution in [3.63, 3.8) is 0 Å². The van der Waals surface area contributed by atoms with Crippen LogP contribution in [0.5, 0.6) is 5.75 Å². The Hall–Kier alpha value is -1.10. The summed E-state index contributed by atoms with van der Waals surface area (Å²) in [5.41, 5.74) is -1.89. The Labute approximate surface area is 121 Å². The predicted molar refractivity (Wildman–Crippen MR) is 74.7 cm³/mol. The van der Waals surface area contributed by atoms with E-state index in [1.54, 1.807) is 46.8 Å². The number of hydrogen-bond donors (Lipinski definition) is 0. The summed E-state index contributed by atoms with van der Waals surface area (Å²) in [6, 6.07) is 4.66. The first-order chi connectivity index (χ1) is 8.53. The van der Waals surface area contributed by atoms with Crippen molar-refractivity contribution in [1.82, 2.24) is 0 Å². The van der Waals surface area contributed by atoms with Gasteiger partial charge in [0.15, 0.2) is 17.2 Å². The number of halogens is 2. The second kappa shape index (κ2) is 5.49. The number of hydrogen-bond acceptors (Lipinski definition) is 3. The summed E-state index contributed by atoms with van der Waals surface area (Å²) >= 11 is 3.07. The Morgan fingerprint density at radius 1 is 1.21 bits per heavy atom. The maximum Gasteiger partial charge on any atom is 0.350 e. The van der Waals surface area contributed by atoms with Crippen molar-refractivity contribution < 1.29 is 18.7 Å². The van der Waals surface area contributed by atoms with Crippen molar-refractivity contribution in [1.29, 1.82) is 0 Å². The summed E-state index contributed by atoms with van der Waals surface area (Å²) in [6.45, 7) is 8.38. The molecule has 19 heavy (non-hydrogen) atoms. The van der Waals surface area contributed by atoms with Crippen LogP contribution in [-0.2, 0) is 9.53 Å². The first-order valence-corrected chi connectivity index (χ1v) is 6.69. The van der Waals surface area contributed by atoms with E-state index in [2.05, 4.69) is 15.9 Å². The zero-order chi connectivity index (χ0) is 14.8. The van der Waals surface area contributed by atoms with Crippen molar-refractivity contribution in [3.05, 3.63) is 28.5 Å². The normalized spacial score (nSPS) is 12.2. The number of esters is 1. The van der Waals surface area contributed by atoms with Crippen LogP contribution in [0.1, 0.15) is 34.6 Å². The molecule has 0 saturated heterocycles. The van der Waals surface area contributed by atoms with Gasteiger partial charge in [-0.2, -0.15) is 0 Å². The lowest BCUT2D eigenvalue weighted by Crippen LogP contribution is -2.43. The quantitative estimate of drug-likeness (QED) is 0.782. The Kier molecular flexibility index (Phi) is 4.61. The molecule has 0 N–H and O–H groups in total. The number of ether oxygens (including phenoxy) is 2. The summed E-state index contributed by atoms with van der Waals surface area (Å²) in [5, 5.41) is 0. The van der Waals surface area contributed by atoms with E-state index in [4.69, 9.17) is 9.47 Å². The molecule has 1 aromatic carbocycles. The molecule has 0 aliphatic rings. The molecule has 0 aromatic heterocycles. The van der Waals surface area contributed by atoms with Gasteiger partial charge in [0, 0.05) is 0 Å². The minimum atomic E-state index is -1.27. The second-order valence-electron chi connectivity index (χ2n) is 5.67. The average molecular weight is 333 g/mol. The molecule has 0 unspecified atom stereocenters. The first-order valence-electron chi connectivity index (χ1n) is 5.89. The van der Waals surface area contributed by atoms with Crippen LogP contribution in [0, 0.1) is 5.82 Å². The van der Waals surface area contributed by atoms with Gasteiger partial charge in [0.05, 0.1) is 4.47 Å². The molecule has 0 aliphatic carbocycles. The van der Waals surface area contributed by atoms with Crippen LogP contribution in [0.25, 0.3) is 0 Å². The second-order valence-corrected chi connectivity index (χ2v) is 6.52. The maximum atomic E-state index is 13.8. The van der Waals surface area contributed by atoms with E-state index in [1.165, 1.54) is 6.07 Å². The molecule has 0 heterocycles. The largest absolute Gasteiger partial charge is 0.473 e. The van der Waals surface area contributed by atoms with E-state index >= 15 is 0 Å². The first kappa shape index (κ1) is 16.0. The lowest BCUT2D eigenvalue weighted by atomic mass is 10.1. The van der Waals surface area contributed by atoms with Gasteiger partial charge in [-0.3, -0.25) is 0 Å². The highest BCUT2D eigenvalue weighted by Crippen LogP contribution is 2.28. The minimum Gasteiger partial charge on any atom is -0.473 e. The summed E-state index contributed by atoms with van der Waals surface area (Å²) in [7, 11) is 0. The van der Waals surface area contributed by atoms with E-state index in [0.717, 1.165) is 0 Å². The van der Waals surface area contributed by atoms with Gasteiger partial charge in [-0.15, -0.1) is 0 Å². The minimum absolute atomic E-state index is 0.00485. The van der Waals surface area contributed by atoms with Crippen molar-refractivity contribution in [2.75, 3.05) is 0 Å². The lowest BCUT2D eigenvalue weighted by Gasteiger charge is -2.29. The SMILES string of the molecule is CC(C)(C)OC(=O)C(C)(C)Oc1cccc(Br)c1F. The van der Waals surface area contributed by atoms with Gasteiger partial charge in [-0.1, -0.05) is 6.07 Å². The Morgan fingerprint density at radius 2 is 1.79 bits per heavy atom. The fraction of sp³-hybridized carbons (Fsp3) is 0.500. The van der Waals surface area contributed by atoms with Gasteiger partial charge < -0.3 is 9.47 Å². The molecule has 0 fully saturated rings. The summed E-state index contributed by atoms with van der Waals surface area (Å²) in [4.78, 5) is 12.0. The molecule has 0 atom stereocenters. The number of carbonyl (C=O) groups is 1. The summed E-state index contributed by atoms with van der Waals surface area (Å²) in [5.74, 6) is -1.08. The Bertz CT molecular complexity index is 478. The Balaban J connectivity index is 2.90. The fourth-order valence-corrected chi connectivity index (χ4v) is 1.63. The highest BCUT2D eigenvalue weighted by Gasteiger charge is 2.35. The number of rotatable bonds is 3. The molecule has 0 aliphatic heterocycles. The topological polar surface area (TPSA) is 35.5 Å². The van der Waals surface area contributed by atoms with Crippen molar-refractivity contribution >= 4 is 21.9 Å². The number of benzene rings is 1. The molecule has 0 radical (unpaired) electrons. The zero-order valence-corrected chi connectivity index (χ0v) is 13.3. The summed E-state index contributed by atoms with van der Waals surface area (Å²) in [6.07, 6.45) is 0. The monoisotopic (exact) mass is 332 g/mol. The predicted octanol–water partition coefficient (Wildman–Crippen LogP) is 4.09. The summed E-state index contributed by atoms with van der Waals surface area (Å²) < 4.78 is 24.8. The van der Waals surface area contributed by atoms with E-state index in [-0.39, 0.29) is 10.2 Å². The molecule has 0 spiro atoms. The van der Waals surface area contributed by atoms with E-state index in [9.17, 15) is 9.18 Å². The van der Waals surface area contributed by atoms with Gasteiger partial charge in [0.1, 0.15) is 5.60 Å². The highest BCUT2D eigenvalue weighted by molar-refractivity contribution is 9.10. The van der Waals surface area contributed by atoms with Crippen LogP contribution >= 0.6 is 15.9 Å². The standard InChI is InChI=1S/C14H18BrFO3/c1-13(2,3)19-12(17)14(4,5)18-10-8-6-7-9(15)11(10)16/h6-8H,1-5H3. The van der Waals surface area contributed by atoms with Gasteiger partial charge in [0.25, 0.3) is 0 Å². The molecule has 0 saturated carbocycles. The fourth-order valence-electron chi connectivity index (χ4n) is 1.28. The van der Waals surface area contributed by atoms with Gasteiger partial charge >= 0.3 is 5.97 Å². The van der Waals surface area contributed by atoms with Crippen molar-refractivity contribution in [2.45, 2.75) is 45.8 Å². The molecule has 0 amide bonds. The third-order valence-corrected chi connectivity index (χ3v) is 2.78. The maximum absolute atomic E-state index is 13.8. The number of carbonyl (C=O) groups excluding carboxylic acids is 1. The van der Waals surface area contributed by atoms with Gasteiger partial charge in [0.2, 0.25) is 0 Å². The van der Waals surface area contributed by atoms with Crippen LogP contribution < -0.4 is 4.74 Å². The molecule has 5 heteroatoms. The smallest absolute Gasteiger partial charge is 0.350 e. The van der Waals surface area contributed by atoms with Crippen LogP contribution in [0.4, 0.5) is 4.39 Å². The Morgan fingerprint density at radius 3 is 2.32 bits per heavy atom. The van der Waals surface area contributed by atoms with Crippen LogP contribution in [0.15, 0.2) is 22.7 Å². The van der Waals surface area contributed by atoms with E-state index in [0.29, 0.717) is 0 Å². The highest BCUT2D eigenvalue weighted by atomic mass is 79.9. The van der Waals surface area contributed by atoms with Gasteiger partial charge in [-0.25, -0.2) is 9.18 Å². The zero-order valence-electron chi connectivity index (χ0n) is 11.7. The van der Waals surface area contributed by atoms with E-state index < -0.39 is 23.0 Å². The third kappa shape index (κ3) is 4.49. The van der Waals surface area contributed by atoms with Crippen molar-refractivity contribution in [3.8, 4) is 5.75 Å². The molecule has 0 bridgehead atoms. The molecular weight excluding hydrogens is 315 g/mol. The van der Waals surface area contributed by atoms with Crippen LogP contribution in [0.3, 0.4) is 0 Å².